The molecule has 4 rings (SSSR count). The summed E-state index contributed by atoms with van der Waals surface area (Å²) in [4.78, 5) is 34.1. The zero-order valence-corrected chi connectivity index (χ0v) is 16.1. The first-order valence-electron chi connectivity index (χ1n) is 9.54. The number of amides is 1. The number of nitrogens with one attached hydrogen (secondary N) is 2. The van der Waals surface area contributed by atoms with Crippen LogP contribution in [0.4, 0.5) is 0 Å². The van der Waals surface area contributed by atoms with Gasteiger partial charge in [0.2, 0.25) is 5.91 Å². The monoisotopic (exact) mass is 390 g/mol. The maximum Gasteiger partial charge on any atom is 0.274 e. The maximum atomic E-state index is 12.1. The lowest BCUT2D eigenvalue weighted by atomic mass is 9.75. The highest BCUT2D eigenvalue weighted by Crippen LogP contribution is 2.39. The van der Waals surface area contributed by atoms with E-state index in [0.29, 0.717) is 31.0 Å². The van der Waals surface area contributed by atoms with Crippen molar-refractivity contribution in [2.45, 2.75) is 56.9 Å². The molecule has 0 aliphatic carbocycles. The average Bonchev–Trinajstić information content (AvgIpc) is 3.08. The van der Waals surface area contributed by atoms with Crippen LogP contribution < -0.4 is 10.9 Å². The van der Waals surface area contributed by atoms with Crippen LogP contribution in [0.15, 0.2) is 17.2 Å². The molecule has 2 aromatic heterocycles. The number of aromatic amines is 1. The topological polar surface area (TPSA) is 125 Å². The van der Waals surface area contributed by atoms with Crippen LogP contribution in [0.1, 0.15) is 38.8 Å². The lowest BCUT2D eigenvalue weighted by Crippen LogP contribution is -2.63. The molecule has 0 unspecified atom stereocenters. The van der Waals surface area contributed by atoms with Crippen LogP contribution in [-0.4, -0.2) is 72.4 Å². The molecule has 2 aliphatic rings. The van der Waals surface area contributed by atoms with E-state index < -0.39 is 11.6 Å². The molecule has 28 heavy (non-hydrogen) atoms. The Labute approximate surface area is 161 Å². The largest absolute Gasteiger partial charge is 0.388 e. The number of hydrogen-bond acceptors (Lipinski definition) is 7. The third-order valence-corrected chi connectivity index (χ3v) is 5.84. The van der Waals surface area contributed by atoms with Crippen molar-refractivity contribution >= 4 is 11.7 Å². The third kappa shape index (κ3) is 3.67. The van der Waals surface area contributed by atoms with E-state index in [1.165, 1.54) is 23.8 Å². The zero-order chi connectivity index (χ0) is 19.9. The molecule has 2 aliphatic heterocycles. The van der Waals surface area contributed by atoms with Crippen molar-refractivity contribution in [1.29, 1.82) is 0 Å². The van der Waals surface area contributed by atoms with Gasteiger partial charge in [-0.05, 0) is 19.8 Å². The molecule has 1 spiro atoms. The Hall–Kier alpha value is -2.30. The summed E-state index contributed by atoms with van der Waals surface area (Å²) in [6.07, 6.45) is 3.48. The van der Waals surface area contributed by atoms with Gasteiger partial charge in [0.1, 0.15) is 6.33 Å². The number of fused-ring (bicyclic) bond motifs is 1. The van der Waals surface area contributed by atoms with Crippen molar-refractivity contribution in [3.63, 3.8) is 0 Å². The van der Waals surface area contributed by atoms with Crippen molar-refractivity contribution in [2.24, 2.45) is 0 Å². The fraction of sp³-hybridized carbons (Fsp3) is 0.667. The van der Waals surface area contributed by atoms with E-state index in [0.717, 1.165) is 25.9 Å². The van der Waals surface area contributed by atoms with E-state index in [9.17, 15) is 14.7 Å². The lowest BCUT2D eigenvalue weighted by molar-refractivity contribution is -0.189. The highest BCUT2D eigenvalue weighted by Gasteiger charge is 2.49. The second-order valence-electron chi connectivity index (χ2n) is 8.17. The first-order chi connectivity index (χ1) is 13.3. The normalized spacial score (nSPS) is 27.9. The van der Waals surface area contributed by atoms with Crippen LogP contribution in [0.2, 0.25) is 0 Å². The minimum atomic E-state index is -1.01. The van der Waals surface area contributed by atoms with Crippen LogP contribution in [0.3, 0.4) is 0 Å². The Bertz CT molecular complexity index is 928. The SMILES string of the molecule is CC(=O)N[C@H]1COC2(CCN(Cc3cc(=O)n4[nH]cnc4n3)CC2)C[C@]1(C)O. The molecule has 0 bridgehead atoms. The number of carbonyl (C=O) groups is 1. The molecule has 3 N–H and O–H groups in total. The van der Waals surface area contributed by atoms with Crippen LogP contribution in [0.5, 0.6) is 0 Å². The maximum absolute atomic E-state index is 12.1. The predicted octanol–water partition coefficient (Wildman–Crippen LogP) is -0.572. The number of H-pyrrole nitrogens is 1. The summed E-state index contributed by atoms with van der Waals surface area (Å²) < 4.78 is 7.44. The molecule has 2 saturated heterocycles. The van der Waals surface area contributed by atoms with Gasteiger partial charge in [-0.15, -0.1) is 0 Å². The number of aliphatic hydroxyl groups is 1. The number of likely N-dealkylation sites (tertiary alicyclic amines) is 1. The van der Waals surface area contributed by atoms with Gasteiger partial charge in [-0.3, -0.25) is 19.6 Å². The number of hydrogen-bond donors (Lipinski definition) is 3. The molecule has 2 atom stereocenters. The summed E-state index contributed by atoms with van der Waals surface area (Å²) >= 11 is 0. The quantitative estimate of drug-likeness (QED) is 0.641. The molecule has 0 radical (unpaired) electrons. The highest BCUT2D eigenvalue weighted by atomic mass is 16.5. The van der Waals surface area contributed by atoms with E-state index in [1.807, 2.05) is 0 Å². The molecular formula is C18H26N6O4. The van der Waals surface area contributed by atoms with Gasteiger partial charge >= 0.3 is 0 Å². The van der Waals surface area contributed by atoms with E-state index in [2.05, 4.69) is 25.3 Å². The van der Waals surface area contributed by atoms with Gasteiger partial charge in [0.15, 0.2) is 0 Å². The molecule has 0 aromatic carbocycles. The third-order valence-electron chi connectivity index (χ3n) is 5.84. The van der Waals surface area contributed by atoms with Gasteiger partial charge in [0.05, 0.1) is 29.5 Å². The van der Waals surface area contributed by atoms with Gasteiger partial charge in [-0.1, -0.05) is 0 Å². The predicted molar refractivity (Wildman–Crippen MR) is 99.6 cm³/mol. The number of ether oxygens (including phenoxy) is 1. The zero-order valence-electron chi connectivity index (χ0n) is 16.1. The van der Waals surface area contributed by atoms with Gasteiger partial charge < -0.3 is 15.2 Å². The average molecular weight is 390 g/mol. The van der Waals surface area contributed by atoms with Crippen LogP contribution in [0, 0.1) is 0 Å². The fourth-order valence-corrected chi connectivity index (χ4v) is 4.33. The molecule has 152 valence electrons. The van der Waals surface area contributed by atoms with E-state index in [4.69, 9.17) is 4.74 Å². The Balaban J connectivity index is 1.39. The molecule has 2 fully saturated rings. The van der Waals surface area contributed by atoms with Crippen molar-refractivity contribution < 1.29 is 14.6 Å². The number of aromatic nitrogens is 4. The first kappa shape index (κ1) is 19.0. The Morgan fingerprint density at radius 2 is 2.21 bits per heavy atom. The number of nitrogens with zero attached hydrogens (tertiary/aromatic N) is 4. The Morgan fingerprint density at radius 3 is 2.89 bits per heavy atom. The number of carbonyl (C=O) groups excluding carboxylic acids is 1. The minimum Gasteiger partial charge on any atom is -0.388 e. The highest BCUT2D eigenvalue weighted by molar-refractivity contribution is 5.73. The van der Waals surface area contributed by atoms with E-state index in [1.54, 1.807) is 6.92 Å². The van der Waals surface area contributed by atoms with E-state index in [-0.39, 0.29) is 17.1 Å². The van der Waals surface area contributed by atoms with Crippen molar-refractivity contribution in [2.75, 3.05) is 19.7 Å². The van der Waals surface area contributed by atoms with Gasteiger partial charge in [0, 0.05) is 39.0 Å². The summed E-state index contributed by atoms with van der Waals surface area (Å²) in [5.41, 5.74) is -0.876. The van der Waals surface area contributed by atoms with Crippen molar-refractivity contribution in [3.8, 4) is 0 Å². The molecule has 10 heteroatoms. The second-order valence-corrected chi connectivity index (χ2v) is 8.17. The van der Waals surface area contributed by atoms with Crippen LogP contribution in [-0.2, 0) is 16.1 Å². The van der Waals surface area contributed by atoms with Crippen molar-refractivity contribution in [3.05, 3.63) is 28.4 Å². The first-order valence-corrected chi connectivity index (χ1v) is 9.54. The summed E-state index contributed by atoms with van der Waals surface area (Å²) in [6.45, 7) is 5.64. The smallest absolute Gasteiger partial charge is 0.274 e. The molecule has 1 amide bonds. The van der Waals surface area contributed by atoms with Gasteiger partial charge in [0.25, 0.3) is 11.3 Å². The Kier molecular flexibility index (Phi) is 4.72. The van der Waals surface area contributed by atoms with Crippen LogP contribution in [0.25, 0.3) is 5.78 Å². The van der Waals surface area contributed by atoms with Gasteiger partial charge in [-0.2, -0.15) is 4.52 Å². The standard InChI is InChI=1S/C18H26N6O4/c1-12(25)21-14-9-28-18(10-17(14,2)27)3-5-23(6-4-18)8-13-7-15(26)24-16(22-13)19-11-20-24/h7,11,14,27H,3-6,8-10H2,1-2H3,(H,21,25)(H,19,20,22)/t14-,17-/m0/s1. The van der Waals surface area contributed by atoms with Crippen molar-refractivity contribution in [1.82, 2.24) is 29.8 Å². The molecule has 4 heterocycles. The summed E-state index contributed by atoms with van der Waals surface area (Å²) in [6, 6.07) is 1.13. The minimum absolute atomic E-state index is 0.170. The number of rotatable bonds is 3. The molecule has 2 aromatic rings. The van der Waals surface area contributed by atoms with Crippen LogP contribution >= 0.6 is 0 Å². The van der Waals surface area contributed by atoms with Gasteiger partial charge in [-0.25, -0.2) is 9.97 Å². The fourth-order valence-electron chi connectivity index (χ4n) is 4.33. The summed E-state index contributed by atoms with van der Waals surface area (Å²) in [5, 5.41) is 16.4. The summed E-state index contributed by atoms with van der Waals surface area (Å²) in [7, 11) is 0. The number of piperidine rings is 1. The molecule has 0 saturated carbocycles. The second kappa shape index (κ2) is 6.94. The summed E-state index contributed by atoms with van der Waals surface area (Å²) in [5.74, 6) is 0.198. The Morgan fingerprint density at radius 1 is 1.46 bits per heavy atom. The molecular weight excluding hydrogens is 364 g/mol. The lowest BCUT2D eigenvalue weighted by Gasteiger charge is -2.51. The molecule has 10 nitrogen and oxygen atoms in total. The van der Waals surface area contributed by atoms with E-state index >= 15 is 0 Å².